The van der Waals surface area contributed by atoms with E-state index in [0.29, 0.717) is 0 Å². The Morgan fingerprint density at radius 1 is 1.58 bits per heavy atom. The Labute approximate surface area is 84.7 Å². The Morgan fingerprint density at radius 3 is 2.67 bits per heavy atom. The van der Waals surface area contributed by atoms with Crippen molar-refractivity contribution in [2.45, 2.75) is 19.1 Å². The Kier molecular flexibility index (Phi) is 3.71. The number of likely N-dealkylation sites (N-methyl/N-ethyl adjacent to an activating group) is 1. The average molecular weight is 250 g/mol. The second-order valence-corrected chi connectivity index (χ2v) is 5.16. The van der Waals surface area contributed by atoms with E-state index in [1.165, 1.54) is 0 Å². The predicted octanol–water partition coefficient (Wildman–Crippen LogP) is 2.15. The van der Waals surface area contributed by atoms with E-state index in [0.717, 1.165) is 8.66 Å². The number of rotatable bonds is 3. The molecule has 2 unspecified atom stereocenters. The molecule has 1 aromatic heterocycles. The summed E-state index contributed by atoms with van der Waals surface area (Å²) in [5, 5.41) is 12.7. The van der Waals surface area contributed by atoms with Crippen molar-refractivity contribution in [3.63, 3.8) is 0 Å². The van der Waals surface area contributed by atoms with Crippen LogP contribution in [0.25, 0.3) is 0 Å². The minimum absolute atomic E-state index is 0.0931. The van der Waals surface area contributed by atoms with E-state index in [4.69, 9.17) is 0 Å². The standard InChI is InChI=1S/C8H12BrNOS/c1-5(10-2)8(11)6-3-4-7(9)12-6/h3-5,8,10-11H,1-2H3. The van der Waals surface area contributed by atoms with E-state index in [2.05, 4.69) is 21.2 Å². The summed E-state index contributed by atoms with van der Waals surface area (Å²) in [6, 6.07) is 3.98. The maximum absolute atomic E-state index is 9.73. The summed E-state index contributed by atoms with van der Waals surface area (Å²) < 4.78 is 1.06. The van der Waals surface area contributed by atoms with Gasteiger partial charge in [-0.15, -0.1) is 11.3 Å². The lowest BCUT2D eigenvalue weighted by Gasteiger charge is -2.16. The molecule has 0 aliphatic rings. The Morgan fingerprint density at radius 2 is 2.25 bits per heavy atom. The monoisotopic (exact) mass is 249 g/mol. The second kappa shape index (κ2) is 4.37. The van der Waals surface area contributed by atoms with Gasteiger partial charge in [0.1, 0.15) is 6.10 Å². The van der Waals surface area contributed by atoms with E-state index >= 15 is 0 Å². The van der Waals surface area contributed by atoms with Gasteiger partial charge in [-0.3, -0.25) is 0 Å². The van der Waals surface area contributed by atoms with Crippen molar-refractivity contribution in [1.29, 1.82) is 0 Å². The van der Waals surface area contributed by atoms with Crippen LogP contribution in [0.4, 0.5) is 0 Å². The summed E-state index contributed by atoms with van der Waals surface area (Å²) in [5.74, 6) is 0. The molecule has 0 saturated heterocycles. The SMILES string of the molecule is CNC(C)C(O)c1ccc(Br)s1. The maximum atomic E-state index is 9.73. The summed E-state index contributed by atoms with van der Waals surface area (Å²) in [7, 11) is 1.84. The van der Waals surface area contributed by atoms with Crippen LogP contribution in [-0.4, -0.2) is 18.2 Å². The van der Waals surface area contributed by atoms with Gasteiger partial charge in [-0.2, -0.15) is 0 Å². The molecule has 0 aliphatic carbocycles. The first-order chi connectivity index (χ1) is 5.65. The zero-order valence-electron chi connectivity index (χ0n) is 7.04. The Bertz CT molecular complexity index is 251. The van der Waals surface area contributed by atoms with Gasteiger partial charge in [0.25, 0.3) is 0 Å². The third-order valence-corrected chi connectivity index (χ3v) is 3.51. The molecule has 12 heavy (non-hydrogen) atoms. The van der Waals surface area contributed by atoms with Crippen LogP contribution in [0.3, 0.4) is 0 Å². The number of halogens is 1. The third-order valence-electron chi connectivity index (χ3n) is 1.81. The number of hydrogen-bond donors (Lipinski definition) is 2. The minimum atomic E-state index is -0.411. The molecule has 2 nitrogen and oxygen atoms in total. The Balaban J connectivity index is 2.70. The van der Waals surface area contributed by atoms with Crippen molar-refractivity contribution >= 4 is 27.3 Å². The van der Waals surface area contributed by atoms with Gasteiger partial charge in [-0.05, 0) is 42.0 Å². The fourth-order valence-electron chi connectivity index (χ4n) is 0.892. The van der Waals surface area contributed by atoms with Crippen molar-refractivity contribution in [3.05, 3.63) is 20.8 Å². The molecular formula is C8H12BrNOS. The third kappa shape index (κ3) is 2.29. The number of nitrogens with one attached hydrogen (secondary N) is 1. The van der Waals surface area contributed by atoms with Gasteiger partial charge in [0.15, 0.2) is 0 Å². The molecule has 0 bridgehead atoms. The Hall–Kier alpha value is 0.1000. The minimum Gasteiger partial charge on any atom is -0.386 e. The van der Waals surface area contributed by atoms with Gasteiger partial charge in [-0.25, -0.2) is 0 Å². The van der Waals surface area contributed by atoms with Crippen LogP contribution in [0.5, 0.6) is 0 Å². The molecule has 1 aromatic rings. The largest absolute Gasteiger partial charge is 0.386 e. The molecule has 2 N–H and O–H groups in total. The zero-order valence-corrected chi connectivity index (χ0v) is 9.45. The number of aliphatic hydroxyl groups is 1. The van der Waals surface area contributed by atoms with Crippen LogP contribution in [0.1, 0.15) is 17.9 Å². The van der Waals surface area contributed by atoms with Crippen LogP contribution in [0.15, 0.2) is 15.9 Å². The molecule has 0 aliphatic heterocycles. The van der Waals surface area contributed by atoms with Crippen molar-refractivity contribution in [1.82, 2.24) is 5.32 Å². The van der Waals surface area contributed by atoms with Crippen LogP contribution in [0.2, 0.25) is 0 Å². The number of thiophene rings is 1. The normalized spacial score (nSPS) is 16.0. The fraction of sp³-hybridized carbons (Fsp3) is 0.500. The maximum Gasteiger partial charge on any atom is 0.103 e. The van der Waals surface area contributed by atoms with Gasteiger partial charge >= 0.3 is 0 Å². The highest BCUT2D eigenvalue weighted by Gasteiger charge is 2.15. The molecule has 68 valence electrons. The van der Waals surface area contributed by atoms with E-state index in [9.17, 15) is 5.11 Å². The molecule has 0 aromatic carbocycles. The highest BCUT2D eigenvalue weighted by molar-refractivity contribution is 9.11. The van der Waals surface area contributed by atoms with Crippen molar-refractivity contribution in [2.24, 2.45) is 0 Å². The van der Waals surface area contributed by atoms with E-state index in [1.54, 1.807) is 11.3 Å². The van der Waals surface area contributed by atoms with Crippen LogP contribution in [-0.2, 0) is 0 Å². The van der Waals surface area contributed by atoms with E-state index in [1.807, 2.05) is 26.1 Å². The fourth-order valence-corrected chi connectivity index (χ4v) is 2.41. The highest BCUT2D eigenvalue weighted by atomic mass is 79.9. The predicted molar refractivity (Wildman–Crippen MR) is 55.5 cm³/mol. The van der Waals surface area contributed by atoms with E-state index in [-0.39, 0.29) is 6.04 Å². The summed E-state index contributed by atoms with van der Waals surface area (Å²) in [6.45, 7) is 1.96. The molecule has 0 saturated carbocycles. The molecule has 4 heteroatoms. The lowest BCUT2D eigenvalue weighted by atomic mass is 10.1. The molecule has 0 radical (unpaired) electrons. The molecule has 0 spiro atoms. The smallest absolute Gasteiger partial charge is 0.103 e. The lowest BCUT2D eigenvalue weighted by Crippen LogP contribution is -2.28. The summed E-state index contributed by atoms with van der Waals surface area (Å²) in [4.78, 5) is 0.990. The summed E-state index contributed by atoms with van der Waals surface area (Å²) in [5.41, 5.74) is 0. The second-order valence-electron chi connectivity index (χ2n) is 2.66. The van der Waals surface area contributed by atoms with Crippen LogP contribution < -0.4 is 5.32 Å². The zero-order chi connectivity index (χ0) is 9.14. The first kappa shape index (κ1) is 10.2. The topological polar surface area (TPSA) is 32.3 Å². The molecule has 1 heterocycles. The molecule has 0 amide bonds. The van der Waals surface area contributed by atoms with Gasteiger partial charge in [0.05, 0.1) is 3.79 Å². The first-order valence-electron chi connectivity index (χ1n) is 3.75. The van der Waals surface area contributed by atoms with E-state index < -0.39 is 6.10 Å². The van der Waals surface area contributed by atoms with Crippen LogP contribution in [0, 0.1) is 0 Å². The van der Waals surface area contributed by atoms with Crippen molar-refractivity contribution < 1.29 is 5.11 Å². The van der Waals surface area contributed by atoms with Gasteiger partial charge in [0.2, 0.25) is 0 Å². The van der Waals surface area contributed by atoms with Gasteiger partial charge < -0.3 is 10.4 Å². The highest BCUT2D eigenvalue weighted by Crippen LogP contribution is 2.28. The van der Waals surface area contributed by atoms with Crippen LogP contribution >= 0.6 is 27.3 Å². The summed E-state index contributed by atoms with van der Waals surface area (Å²) in [6.07, 6.45) is -0.411. The average Bonchev–Trinajstić information content (AvgIpc) is 2.49. The van der Waals surface area contributed by atoms with Crippen molar-refractivity contribution in [2.75, 3.05) is 7.05 Å². The summed E-state index contributed by atoms with van der Waals surface area (Å²) >= 11 is 4.92. The number of aliphatic hydroxyl groups excluding tert-OH is 1. The van der Waals surface area contributed by atoms with Gasteiger partial charge in [0, 0.05) is 10.9 Å². The molecular weight excluding hydrogens is 238 g/mol. The molecule has 2 atom stereocenters. The molecule has 1 rings (SSSR count). The van der Waals surface area contributed by atoms with Crippen molar-refractivity contribution in [3.8, 4) is 0 Å². The van der Waals surface area contributed by atoms with Gasteiger partial charge in [-0.1, -0.05) is 0 Å². The number of hydrogen-bond acceptors (Lipinski definition) is 3. The first-order valence-corrected chi connectivity index (χ1v) is 5.36. The molecule has 0 fully saturated rings. The quantitative estimate of drug-likeness (QED) is 0.861. The lowest BCUT2D eigenvalue weighted by molar-refractivity contribution is 0.143.